The summed E-state index contributed by atoms with van der Waals surface area (Å²) in [6.07, 6.45) is 0. The minimum atomic E-state index is -0.476. The third kappa shape index (κ3) is 3.01. The maximum absolute atomic E-state index is 11.3. The van der Waals surface area contributed by atoms with Crippen LogP contribution in [0, 0.1) is 0 Å². The summed E-state index contributed by atoms with van der Waals surface area (Å²) in [5.74, 6) is 0.396. The van der Waals surface area contributed by atoms with Crippen molar-refractivity contribution < 1.29 is 9.53 Å². The van der Waals surface area contributed by atoms with Crippen molar-refractivity contribution in [1.29, 1.82) is 0 Å². The van der Waals surface area contributed by atoms with Gasteiger partial charge >= 0.3 is 5.97 Å². The maximum atomic E-state index is 11.3. The topological polar surface area (TPSA) is 103 Å². The number of esters is 1. The van der Waals surface area contributed by atoms with E-state index in [0.29, 0.717) is 18.1 Å². The molecule has 0 spiro atoms. The maximum Gasteiger partial charge on any atom is 0.328 e. The van der Waals surface area contributed by atoms with E-state index in [2.05, 4.69) is 10.3 Å². The second-order valence-corrected chi connectivity index (χ2v) is 3.29. The quantitative estimate of drug-likeness (QED) is 0.647. The Balaban J connectivity index is 2.66. The van der Waals surface area contributed by atoms with E-state index in [1.165, 1.54) is 0 Å². The molecule has 0 amide bonds. The Bertz CT molecular complexity index is 381. The van der Waals surface area contributed by atoms with Crippen molar-refractivity contribution in [2.24, 2.45) is 0 Å². The first-order valence-corrected chi connectivity index (χ1v) is 4.99. The Morgan fingerprint density at radius 2 is 2.25 bits per heavy atom. The number of hydrogen-bond acceptors (Lipinski definition) is 6. The Morgan fingerprint density at radius 1 is 1.56 bits per heavy atom. The molecule has 1 aromatic rings. The summed E-state index contributed by atoms with van der Waals surface area (Å²) in [4.78, 5) is 15.3. The fraction of sp³-hybridized carbons (Fsp3) is 0.400. The lowest BCUT2D eigenvalue weighted by Gasteiger charge is -2.13. The van der Waals surface area contributed by atoms with Crippen LogP contribution in [0.3, 0.4) is 0 Å². The summed E-state index contributed by atoms with van der Waals surface area (Å²) in [5, 5.41) is 2.87. The standard InChI is InChI=1S/C10H16N4O2/c1-3-16-10(15)6(2)13-8-5-4-7(11)9(12)14-8/h4-6H,3,11H2,1-2H3,(H3,12,13,14). The highest BCUT2D eigenvalue weighted by atomic mass is 16.5. The Labute approximate surface area is 94.0 Å². The molecule has 0 aromatic carbocycles. The molecule has 0 fully saturated rings. The van der Waals surface area contributed by atoms with E-state index >= 15 is 0 Å². The van der Waals surface area contributed by atoms with E-state index in [9.17, 15) is 4.79 Å². The summed E-state index contributed by atoms with van der Waals surface area (Å²) in [7, 11) is 0. The zero-order chi connectivity index (χ0) is 12.1. The molecular formula is C10H16N4O2. The van der Waals surface area contributed by atoms with E-state index in [4.69, 9.17) is 16.2 Å². The van der Waals surface area contributed by atoms with Crippen LogP contribution in [-0.2, 0) is 9.53 Å². The first-order chi connectivity index (χ1) is 7.54. The van der Waals surface area contributed by atoms with Crippen LogP contribution in [0.25, 0.3) is 0 Å². The fourth-order valence-corrected chi connectivity index (χ4v) is 1.11. The monoisotopic (exact) mass is 224 g/mol. The van der Waals surface area contributed by atoms with Crippen molar-refractivity contribution >= 4 is 23.3 Å². The third-order valence-corrected chi connectivity index (χ3v) is 1.96. The highest BCUT2D eigenvalue weighted by Crippen LogP contribution is 2.15. The lowest BCUT2D eigenvalue weighted by molar-refractivity contribution is -0.143. The van der Waals surface area contributed by atoms with E-state index in [1.54, 1.807) is 26.0 Å². The van der Waals surface area contributed by atoms with Gasteiger partial charge in [-0.1, -0.05) is 0 Å². The number of anilines is 3. The zero-order valence-corrected chi connectivity index (χ0v) is 9.36. The van der Waals surface area contributed by atoms with Crippen molar-refractivity contribution in [3.63, 3.8) is 0 Å². The van der Waals surface area contributed by atoms with Crippen LogP contribution in [0.5, 0.6) is 0 Å². The van der Waals surface area contributed by atoms with Gasteiger partial charge in [0, 0.05) is 0 Å². The molecule has 0 radical (unpaired) electrons. The number of carbonyl (C=O) groups is 1. The summed E-state index contributed by atoms with van der Waals surface area (Å²) in [6, 6.07) is 2.81. The van der Waals surface area contributed by atoms with E-state index in [-0.39, 0.29) is 11.8 Å². The number of nitrogens with two attached hydrogens (primary N) is 2. The first kappa shape index (κ1) is 12.1. The second kappa shape index (κ2) is 5.20. The highest BCUT2D eigenvalue weighted by molar-refractivity contribution is 5.78. The van der Waals surface area contributed by atoms with E-state index < -0.39 is 6.04 Å². The number of carbonyl (C=O) groups excluding carboxylic acids is 1. The number of nitrogens with zero attached hydrogens (tertiary/aromatic N) is 1. The fourth-order valence-electron chi connectivity index (χ4n) is 1.11. The average molecular weight is 224 g/mol. The molecule has 0 bridgehead atoms. The SMILES string of the molecule is CCOC(=O)C(C)Nc1ccc(N)c(N)n1. The third-order valence-electron chi connectivity index (χ3n) is 1.96. The molecular weight excluding hydrogens is 208 g/mol. The minimum absolute atomic E-state index is 0.237. The zero-order valence-electron chi connectivity index (χ0n) is 9.36. The van der Waals surface area contributed by atoms with Gasteiger partial charge in [0.05, 0.1) is 12.3 Å². The first-order valence-electron chi connectivity index (χ1n) is 4.99. The van der Waals surface area contributed by atoms with Crippen molar-refractivity contribution in [2.75, 3.05) is 23.4 Å². The van der Waals surface area contributed by atoms with Gasteiger partial charge in [-0.25, -0.2) is 9.78 Å². The Hall–Kier alpha value is -1.98. The Kier molecular flexibility index (Phi) is 3.93. The number of hydrogen-bond donors (Lipinski definition) is 3. The lowest BCUT2D eigenvalue weighted by atomic mass is 10.3. The van der Waals surface area contributed by atoms with Gasteiger partial charge < -0.3 is 21.5 Å². The van der Waals surface area contributed by atoms with Crippen molar-refractivity contribution in [1.82, 2.24) is 4.98 Å². The number of pyridine rings is 1. The number of nitrogens with one attached hydrogen (secondary N) is 1. The Morgan fingerprint density at radius 3 is 2.81 bits per heavy atom. The number of ether oxygens (including phenoxy) is 1. The average Bonchev–Trinajstić information content (AvgIpc) is 2.24. The van der Waals surface area contributed by atoms with Gasteiger partial charge in [0.25, 0.3) is 0 Å². The van der Waals surface area contributed by atoms with Crippen LogP contribution in [-0.4, -0.2) is 23.6 Å². The van der Waals surface area contributed by atoms with Crippen molar-refractivity contribution in [2.45, 2.75) is 19.9 Å². The van der Waals surface area contributed by atoms with Crippen LogP contribution < -0.4 is 16.8 Å². The van der Waals surface area contributed by atoms with Crippen LogP contribution in [0.2, 0.25) is 0 Å². The predicted octanol–water partition coefficient (Wildman–Crippen LogP) is 0.609. The molecule has 1 unspecified atom stereocenters. The molecule has 6 heteroatoms. The molecule has 1 heterocycles. The largest absolute Gasteiger partial charge is 0.464 e. The van der Waals surface area contributed by atoms with Crippen molar-refractivity contribution in [3.8, 4) is 0 Å². The molecule has 0 aliphatic rings. The van der Waals surface area contributed by atoms with E-state index in [1.807, 2.05) is 0 Å². The highest BCUT2D eigenvalue weighted by Gasteiger charge is 2.14. The van der Waals surface area contributed by atoms with Gasteiger partial charge in [-0.15, -0.1) is 0 Å². The van der Waals surface area contributed by atoms with E-state index in [0.717, 1.165) is 0 Å². The normalized spacial score (nSPS) is 11.9. The van der Waals surface area contributed by atoms with Crippen LogP contribution in [0.15, 0.2) is 12.1 Å². The smallest absolute Gasteiger partial charge is 0.328 e. The van der Waals surface area contributed by atoms with Gasteiger partial charge in [-0.3, -0.25) is 0 Å². The molecule has 16 heavy (non-hydrogen) atoms. The lowest BCUT2D eigenvalue weighted by Crippen LogP contribution is -2.28. The molecule has 88 valence electrons. The van der Waals surface area contributed by atoms with Crippen molar-refractivity contribution in [3.05, 3.63) is 12.1 Å². The van der Waals surface area contributed by atoms with Gasteiger partial charge in [-0.05, 0) is 26.0 Å². The molecule has 0 aliphatic heterocycles. The van der Waals surface area contributed by atoms with Crippen LogP contribution in [0.1, 0.15) is 13.8 Å². The minimum Gasteiger partial charge on any atom is -0.464 e. The molecule has 0 saturated carbocycles. The molecule has 5 N–H and O–H groups in total. The van der Waals surface area contributed by atoms with Gasteiger partial charge in [0.15, 0.2) is 0 Å². The molecule has 1 atom stereocenters. The predicted molar refractivity (Wildman–Crippen MR) is 62.8 cm³/mol. The van der Waals surface area contributed by atoms with Gasteiger partial charge in [0.1, 0.15) is 17.7 Å². The number of rotatable bonds is 4. The summed E-state index contributed by atoms with van der Waals surface area (Å²) in [6.45, 7) is 3.79. The van der Waals surface area contributed by atoms with Gasteiger partial charge in [-0.2, -0.15) is 0 Å². The summed E-state index contributed by atoms with van der Waals surface area (Å²) >= 11 is 0. The second-order valence-electron chi connectivity index (χ2n) is 3.29. The van der Waals surface area contributed by atoms with Crippen LogP contribution >= 0.6 is 0 Å². The van der Waals surface area contributed by atoms with Crippen LogP contribution in [0.4, 0.5) is 17.3 Å². The summed E-state index contributed by atoms with van der Waals surface area (Å²) in [5.41, 5.74) is 11.5. The molecule has 1 rings (SSSR count). The van der Waals surface area contributed by atoms with Gasteiger partial charge in [0.2, 0.25) is 0 Å². The molecule has 0 saturated heterocycles. The summed E-state index contributed by atoms with van der Waals surface area (Å²) < 4.78 is 4.84. The number of aromatic nitrogens is 1. The number of nitrogen functional groups attached to an aromatic ring is 2. The molecule has 6 nitrogen and oxygen atoms in total. The molecule has 0 aliphatic carbocycles. The molecule has 1 aromatic heterocycles.